The quantitative estimate of drug-likeness (QED) is 0.692. The molecule has 0 bridgehead atoms. The molecule has 0 amide bonds. The topological polar surface area (TPSA) is 59.3 Å². The van der Waals surface area contributed by atoms with Gasteiger partial charge in [0.15, 0.2) is 0 Å². The number of aliphatic carboxylic acids is 1. The molecule has 21 heavy (non-hydrogen) atoms. The minimum atomic E-state index is -1.07. The van der Waals surface area contributed by atoms with Gasteiger partial charge in [0.1, 0.15) is 5.70 Å². The van der Waals surface area contributed by atoms with Crippen LogP contribution in [0.2, 0.25) is 0 Å². The van der Waals surface area contributed by atoms with E-state index >= 15 is 0 Å². The minimum absolute atomic E-state index is 0.0627. The summed E-state index contributed by atoms with van der Waals surface area (Å²) < 4.78 is 1.41. The predicted molar refractivity (Wildman–Crippen MR) is 81.4 cm³/mol. The number of nitrogens with zero attached hydrogens (tertiary/aromatic N) is 1. The maximum absolute atomic E-state index is 12.6. The van der Waals surface area contributed by atoms with E-state index < -0.39 is 5.97 Å². The van der Waals surface area contributed by atoms with E-state index in [9.17, 15) is 14.7 Å². The number of hydrogen-bond acceptors (Lipinski definition) is 2. The van der Waals surface area contributed by atoms with E-state index in [1.54, 1.807) is 25.3 Å². The van der Waals surface area contributed by atoms with E-state index in [2.05, 4.69) is 0 Å². The fraction of sp³-hybridized carbons (Fsp3) is 0.176. The van der Waals surface area contributed by atoms with Crippen molar-refractivity contribution in [2.45, 2.75) is 20.8 Å². The van der Waals surface area contributed by atoms with Gasteiger partial charge < -0.3 is 9.67 Å². The molecule has 4 nitrogen and oxygen atoms in total. The zero-order valence-electron chi connectivity index (χ0n) is 12.3. The lowest BCUT2D eigenvalue weighted by Crippen LogP contribution is -2.14. The number of hydrogen-bond donors (Lipinski definition) is 1. The van der Waals surface area contributed by atoms with Gasteiger partial charge >= 0.3 is 5.97 Å². The number of rotatable bonds is 4. The second-order valence-corrected chi connectivity index (χ2v) is 4.95. The Morgan fingerprint density at radius 3 is 2.29 bits per heavy atom. The Morgan fingerprint density at radius 2 is 1.76 bits per heavy atom. The molecule has 0 spiro atoms. The molecule has 0 saturated carbocycles. The van der Waals surface area contributed by atoms with Crippen LogP contribution in [-0.2, 0) is 4.79 Å². The smallest absolute Gasteiger partial charge is 0.352 e. The van der Waals surface area contributed by atoms with Crippen LogP contribution in [0.1, 0.15) is 34.1 Å². The normalized spacial score (nSPS) is 11.5. The monoisotopic (exact) mass is 283 g/mol. The standard InChI is InChI=1S/C17H17NO3/c1-4-14(17(20)21)18-7-5-6-15(18)16(19)13-9-11(2)8-12(3)10-13/h4-10H,1-3H3,(H,20,21)/b14-4-. The van der Waals surface area contributed by atoms with Gasteiger partial charge in [0.25, 0.3) is 0 Å². The second-order valence-electron chi connectivity index (χ2n) is 4.95. The lowest BCUT2D eigenvalue weighted by Gasteiger charge is -2.10. The average molecular weight is 283 g/mol. The lowest BCUT2D eigenvalue weighted by atomic mass is 10.0. The third kappa shape index (κ3) is 2.94. The molecular weight excluding hydrogens is 266 g/mol. The molecule has 0 atom stereocenters. The number of allylic oxidation sites excluding steroid dienone is 1. The van der Waals surface area contributed by atoms with Gasteiger partial charge in [-0.15, -0.1) is 0 Å². The van der Waals surface area contributed by atoms with E-state index in [1.807, 2.05) is 32.0 Å². The molecule has 1 aromatic heterocycles. The molecule has 0 aliphatic rings. The molecule has 0 radical (unpaired) electrons. The molecule has 0 fully saturated rings. The van der Waals surface area contributed by atoms with E-state index in [1.165, 1.54) is 10.6 Å². The molecule has 2 aromatic rings. The highest BCUT2D eigenvalue weighted by molar-refractivity contribution is 6.13. The Kier molecular flexibility index (Phi) is 4.08. The molecule has 108 valence electrons. The van der Waals surface area contributed by atoms with Gasteiger partial charge in [-0.05, 0) is 45.0 Å². The number of carboxylic acids is 1. The Labute approximate surface area is 123 Å². The molecule has 1 N–H and O–H groups in total. The van der Waals surface area contributed by atoms with Crippen molar-refractivity contribution in [2.24, 2.45) is 0 Å². The molecule has 1 aromatic carbocycles. The van der Waals surface area contributed by atoms with Gasteiger partial charge in [-0.25, -0.2) is 4.79 Å². The largest absolute Gasteiger partial charge is 0.477 e. The highest BCUT2D eigenvalue weighted by atomic mass is 16.4. The highest BCUT2D eigenvalue weighted by Crippen LogP contribution is 2.18. The van der Waals surface area contributed by atoms with Gasteiger partial charge in [0.05, 0.1) is 5.69 Å². The van der Waals surface area contributed by atoms with Crippen molar-refractivity contribution in [1.82, 2.24) is 4.57 Å². The van der Waals surface area contributed by atoms with Gasteiger partial charge in [-0.2, -0.15) is 0 Å². The number of aryl methyl sites for hydroxylation is 2. The van der Waals surface area contributed by atoms with Crippen molar-refractivity contribution in [3.63, 3.8) is 0 Å². The summed E-state index contributed by atoms with van der Waals surface area (Å²) in [6.07, 6.45) is 3.06. The summed E-state index contributed by atoms with van der Waals surface area (Å²) in [5.74, 6) is -1.25. The summed E-state index contributed by atoms with van der Waals surface area (Å²) in [6, 6.07) is 8.91. The van der Waals surface area contributed by atoms with Gasteiger partial charge in [-0.3, -0.25) is 4.79 Å². The third-order valence-electron chi connectivity index (χ3n) is 3.22. The average Bonchev–Trinajstić information content (AvgIpc) is 2.86. The van der Waals surface area contributed by atoms with Crippen LogP contribution >= 0.6 is 0 Å². The summed E-state index contributed by atoms with van der Waals surface area (Å²) in [7, 11) is 0. The van der Waals surface area contributed by atoms with Crippen LogP contribution in [0.5, 0.6) is 0 Å². The second kappa shape index (κ2) is 5.79. The van der Waals surface area contributed by atoms with Crippen LogP contribution in [0.15, 0.2) is 42.6 Å². The third-order valence-corrected chi connectivity index (χ3v) is 3.22. The van der Waals surface area contributed by atoms with E-state index in [0.717, 1.165) is 11.1 Å². The highest BCUT2D eigenvalue weighted by Gasteiger charge is 2.18. The van der Waals surface area contributed by atoms with Crippen molar-refractivity contribution >= 4 is 17.4 Å². The number of carbonyl (C=O) groups excluding carboxylic acids is 1. The SMILES string of the molecule is C/C=C(/C(=O)O)n1cccc1C(=O)c1cc(C)cc(C)c1. The Hall–Kier alpha value is -2.62. The Bertz CT molecular complexity index is 718. The summed E-state index contributed by atoms with van der Waals surface area (Å²) >= 11 is 0. The Balaban J connectivity index is 2.51. The van der Waals surface area contributed by atoms with Crippen molar-refractivity contribution in [1.29, 1.82) is 0 Å². The van der Waals surface area contributed by atoms with E-state index in [4.69, 9.17) is 0 Å². The number of ketones is 1. The first-order chi connectivity index (χ1) is 9.93. The number of benzene rings is 1. The van der Waals surface area contributed by atoms with Crippen LogP contribution in [0, 0.1) is 13.8 Å². The fourth-order valence-corrected chi connectivity index (χ4v) is 2.40. The van der Waals surface area contributed by atoms with Crippen LogP contribution in [0.25, 0.3) is 5.70 Å². The fourth-order valence-electron chi connectivity index (χ4n) is 2.40. The summed E-state index contributed by atoms with van der Waals surface area (Å²) in [6.45, 7) is 5.49. The molecular formula is C17H17NO3. The number of carboxylic acid groups (broad SMARTS) is 1. The van der Waals surface area contributed by atoms with Crippen LogP contribution < -0.4 is 0 Å². The molecule has 4 heteroatoms. The molecule has 2 rings (SSSR count). The van der Waals surface area contributed by atoms with Gasteiger partial charge in [0, 0.05) is 11.8 Å². The van der Waals surface area contributed by atoms with E-state index in [0.29, 0.717) is 11.3 Å². The summed E-state index contributed by atoms with van der Waals surface area (Å²) in [5.41, 5.74) is 2.97. The first-order valence-corrected chi connectivity index (χ1v) is 6.64. The van der Waals surface area contributed by atoms with Gasteiger partial charge in [0.2, 0.25) is 5.78 Å². The number of aromatic nitrogens is 1. The summed E-state index contributed by atoms with van der Waals surface area (Å²) in [5, 5.41) is 9.21. The van der Waals surface area contributed by atoms with E-state index in [-0.39, 0.29) is 11.5 Å². The number of carbonyl (C=O) groups is 2. The van der Waals surface area contributed by atoms with Crippen LogP contribution in [-0.4, -0.2) is 21.4 Å². The van der Waals surface area contributed by atoms with Crippen molar-refractivity contribution < 1.29 is 14.7 Å². The first kappa shape index (κ1) is 14.8. The molecule has 0 aliphatic heterocycles. The van der Waals surface area contributed by atoms with Crippen LogP contribution in [0.3, 0.4) is 0 Å². The zero-order chi connectivity index (χ0) is 15.6. The lowest BCUT2D eigenvalue weighted by molar-refractivity contribution is -0.130. The van der Waals surface area contributed by atoms with Gasteiger partial charge in [-0.1, -0.05) is 23.3 Å². The molecule has 0 saturated heterocycles. The van der Waals surface area contributed by atoms with Crippen molar-refractivity contribution in [3.8, 4) is 0 Å². The predicted octanol–water partition coefficient (Wildman–Crippen LogP) is 3.28. The zero-order valence-corrected chi connectivity index (χ0v) is 12.3. The maximum Gasteiger partial charge on any atom is 0.352 e. The first-order valence-electron chi connectivity index (χ1n) is 6.64. The summed E-state index contributed by atoms with van der Waals surface area (Å²) in [4.78, 5) is 23.9. The maximum atomic E-state index is 12.6. The Morgan fingerprint density at radius 1 is 1.14 bits per heavy atom. The van der Waals surface area contributed by atoms with Crippen LogP contribution in [0.4, 0.5) is 0 Å². The molecule has 1 heterocycles. The molecule has 0 unspecified atom stereocenters. The molecule has 0 aliphatic carbocycles. The van der Waals surface area contributed by atoms with Crippen molar-refractivity contribution in [3.05, 3.63) is 65.0 Å². The minimum Gasteiger partial charge on any atom is -0.477 e. The van der Waals surface area contributed by atoms with Crippen molar-refractivity contribution in [2.75, 3.05) is 0 Å².